The molecule has 24 heavy (non-hydrogen) atoms. The van der Waals surface area contributed by atoms with Gasteiger partial charge in [0.15, 0.2) is 5.82 Å². The van der Waals surface area contributed by atoms with E-state index in [-0.39, 0.29) is 12.0 Å². The lowest BCUT2D eigenvalue weighted by Gasteiger charge is -2.17. The van der Waals surface area contributed by atoms with Crippen molar-refractivity contribution in [3.63, 3.8) is 0 Å². The molecule has 0 aliphatic carbocycles. The van der Waals surface area contributed by atoms with E-state index in [0.29, 0.717) is 24.7 Å². The first-order chi connectivity index (χ1) is 11.5. The number of carbonyl (C=O) groups is 2. The van der Waals surface area contributed by atoms with Gasteiger partial charge < -0.3 is 19.9 Å². The van der Waals surface area contributed by atoms with Gasteiger partial charge >= 0.3 is 6.09 Å². The molecule has 0 bridgehead atoms. The van der Waals surface area contributed by atoms with Crippen molar-refractivity contribution in [2.75, 3.05) is 28.7 Å². The smallest absolute Gasteiger partial charge is 0.414 e. The van der Waals surface area contributed by atoms with Crippen molar-refractivity contribution in [3.05, 3.63) is 36.1 Å². The molecule has 1 atom stereocenters. The Morgan fingerprint density at radius 3 is 2.88 bits per heavy atom. The Hall–Kier alpha value is -3.03. The van der Waals surface area contributed by atoms with Gasteiger partial charge in [-0.2, -0.15) is 0 Å². The summed E-state index contributed by atoms with van der Waals surface area (Å²) in [7, 11) is 0. The maximum atomic E-state index is 12.2. The minimum absolute atomic E-state index is 0.241. The van der Waals surface area contributed by atoms with Crippen LogP contribution in [0.15, 0.2) is 34.9 Å². The number of carbonyl (C=O) groups excluding carboxylic acids is 2. The van der Waals surface area contributed by atoms with Crippen LogP contribution in [-0.4, -0.2) is 36.4 Å². The Morgan fingerprint density at radius 2 is 2.21 bits per heavy atom. The summed E-state index contributed by atoms with van der Waals surface area (Å²) in [6.07, 6.45) is -0.362. The normalized spacial score (nSPS) is 15.1. The third-order valence-corrected chi connectivity index (χ3v) is 3.57. The molecule has 2 aromatic rings. The van der Waals surface area contributed by atoms with Crippen LogP contribution in [0.3, 0.4) is 0 Å². The first kappa shape index (κ1) is 15.9. The molecule has 8 nitrogen and oxygen atoms in total. The van der Waals surface area contributed by atoms with Gasteiger partial charge in [0.1, 0.15) is 18.4 Å². The van der Waals surface area contributed by atoms with Crippen LogP contribution < -0.4 is 15.5 Å². The zero-order valence-electron chi connectivity index (χ0n) is 13.4. The van der Waals surface area contributed by atoms with E-state index in [1.807, 2.05) is 18.2 Å². The highest BCUT2D eigenvalue weighted by atomic mass is 16.6. The predicted octanol–water partition coefficient (Wildman–Crippen LogP) is 2.38. The fraction of sp³-hybridized carbons (Fsp3) is 0.312. The zero-order chi connectivity index (χ0) is 17.1. The molecule has 3 rings (SSSR count). The molecular weight excluding hydrogens is 312 g/mol. The number of benzene rings is 1. The number of nitrogens with zero attached hydrogens (tertiary/aromatic N) is 2. The van der Waals surface area contributed by atoms with Crippen LogP contribution in [-0.2, 0) is 9.53 Å². The number of cyclic esters (lactones) is 1. The van der Waals surface area contributed by atoms with Gasteiger partial charge in [-0.1, -0.05) is 11.2 Å². The summed E-state index contributed by atoms with van der Waals surface area (Å²) in [5.41, 5.74) is 1.45. The quantitative estimate of drug-likeness (QED) is 0.874. The fourth-order valence-corrected chi connectivity index (χ4v) is 2.37. The van der Waals surface area contributed by atoms with Crippen molar-refractivity contribution in [1.82, 2.24) is 5.16 Å². The molecule has 0 unspecified atom stereocenters. The van der Waals surface area contributed by atoms with Gasteiger partial charge in [0.05, 0.1) is 6.54 Å². The third-order valence-electron chi connectivity index (χ3n) is 3.57. The highest BCUT2D eigenvalue weighted by Crippen LogP contribution is 2.23. The van der Waals surface area contributed by atoms with Crippen molar-refractivity contribution >= 4 is 29.2 Å². The van der Waals surface area contributed by atoms with E-state index in [1.165, 1.54) is 0 Å². The van der Waals surface area contributed by atoms with Gasteiger partial charge in [-0.05, 0) is 32.0 Å². The maximum absolute atomic E-state index is 12.2. The molecule has 0 saturated carbocycles. The molecular formula is C16H18N4O4. The van der Waals surface area contributed by atoms with Crippen LogP contribution in [0.2, 0.25) is 0 Å². The number of rotatable bonds is 5. The van der Waals surface area contributed by atoms with E-state index in [9.17, 15) is 9.59 Å². The minimum Gasteiger partial charge on any atom is -0.447 e. The molecule has 1 saturated heterocycles. The lowest BCUT2D eigenvalue weighted by Crippen LogP contribution is -2.32. The first-order valence-corrected chi connectivity index (χ1v) is 7.58. The van der Waals surface area contributed by atoms with Crippen molar-refractivity contribution in [2.24, 2.45) is 0 Å². The minimum atomic E-state index is -0.497. The largest absolute Gasteiger partial charge is 0.447 e. The Labute approximate surface area is 138 Å². The molecule has 0 radical (unpaired) electrons. The number of nitrogens with one attached hydrogen (secondary N) is 2. The van der Waals surface area contributed by atoms with Crippen molar-refractivity contribution in [2.45, 2.75) is 19.9 Å². The van der Waals surface area contributed by atoms with E-state index < -0.39 is 6.04 Å². The van der Waals surface area contributed by atoms with Crippen LogP contribution in [0.4, 0.5) is 22.0 Å². The van der Waals surface area contributed by atoms with E-state index in [0.717, 1.165) is 11.4 Å². The average molecular weight is 330 g/mol. The van der Waals surface area contributed by atoms with Crippen LogP contribution in [0.1, 0.15) is 12.7 Å². The lowest BCUT2D eigenvalue weighted by molar-refractivity contribution is -0.116. The van der Waals surface area contributed by atoms with E-state index in [4.69, 9.17) is 9.26 Å². The topological polar surface area (TPSA) is 96.7 Å². The van der Waals surface area contributed by atoms with Gasteiger partial charge in [0.2, 0.25) is 5.91 Å². The van der Waals surface area contributed by atoms with E-state index in [1.54, 1.807) is 30.9 Å². The summed E-state index contributed by atoms with van der Waals surface area (Å²) in [4.78, 5) is 25.4. The second kappa shape index (κ2) is 6.61. The predicted molar refractivity (Wildman–Crippen MR) is 88.1 cm³/mol. The molecule has 8 heteroatoms. The molecule has 1 aromatic heterocycles. The molecule has 1 fully saturated rings. The van der Waals surface area contributed by atoms with Crippen molar-refractivity contribution < 1.29 is 18.8 Å². The van der Waals surface area contributed by atoms with Crippen LogP contribution in [0.5, 0.6) is 0 Å². The van der Waals surface area contributed by atoms with Crippen LogP contribution in [0, 0.1) is 6.92 Å². The van der Waals surface area contributed by atoms with Crippen molar-refractivity contribution in [1.29, 1.82) is 0 Å². The number of hydrogen-bond donors (Lipinski definition) is 2. The van der Waals surface area contributed by atoms with Gasteiger partial charge in [0, 0.05) is 17.4 Å². The van der Waals surface area contributed by atoms with E-state index in [2.05, 4.69) is 15.8 Å². The molecule has 126 valence electrons. The van der Waals surface area contributed by atoms with Gasteiger partial charge in [0.25, 0.3) is 0 Å². The summed E-state index contributed by atoms with van der Waals surface area (Å²) in [5.74, 6) is 0.755. The van der Waals surface area contributed by atoms with Gasteiger partial charge in [-0.15, -0.1) is 0 Å². The highest BCUT2D eigenvalue weighted by Gasteiger charge is 2.24. The number of aromatic nitrogens is 1. The summed E-state index contributed by atoms with van der Waals surface area (Å²) in [6, 6.07) is 8.41. The number of ether oxygens (including phenoxy) is 1. The van der Waals surface area contributed by atoms with Gasteiger partial charge in [-0.25, -0.2) is 4.79 Å². The Bertz CT molecular complexity index is 758. The highest BCUT2D eigenvalue weighted by molar-refractivity contribution is 5.95. The zero-order valence-corrected chi connectivity index (χ0v) is 13.4. The Balaban J connectivity index is 1.64. The van der Waals surface area contributed by atoms with Gasteiger partial charge in [-0.3, -0.25) is 9.69 Å². The second-order valence-corrected chi connectivity index (χ2v) is 5.49. The Morgan fingerprint density at radius 1 is 1.38 bits per heavy atom. The molecule has 2 heterocycles. The summed E-state index contributed by atoms with van der Waals surface area (Å²) in [5, 5.41) is 9.49. The molecule has 1 aliphatic heterocycles. The molecule has 1 aromatic carbocycles. The Kier molecular flexibility index (Phi) is 4.37. The number of hydrogen-bond acceptors (Lipinski definition) is 6. The van der Waals surface area contributed by atoms with Crippen LogP contribution >= 0.6 is 0 Å². The SMILES string of the molecule is Cc1cc(NC(=O)[C@H](C)Nc2cccc(N3CCOC3=O)c2)no1. The summed E-state index contributed by atoms with van der Waals surface area (Å²) >= 11 is 0. The average Bonchev–Trinajstić information content (AvgIpc) is 3.16. The molecule has 0 spiro atoms. The molecule has 2 amide bonds. The lowest BCUT2D eigenvalue weighted by atomic mass is 10.2. The summed E-state index contributed by atoms with van der Waals surface area (Å²) < 4.78 is 9.85. The van der Waals surface area contributed by atoms with Crippen molar-refractivity contribution in [3.8, 4) is 0 Å². The monoisotopic (exact) mass is 330 g/mol. The summed E-state index contributed by atoms with van der Waals surface area (Å²) in [6.45, 7) is 4.38. The molecule has 1 aliphatic rings. The standard InChI is InChI=1S/C16H18N4O4/c1-10-8-14(19-24-10)18-15(21)11(2)17-12-4-3-5-13(9-12)20-6-7-23-16(20)22/h3-5,8-9,11,17H,6-7H2,1-2H3,(H,18,19,21)/t11-/m0/s1. The maximum Gasteiger partial charge on any atom is 0.414 e. The number of anilines is 3. The second-order valence-electron chi connectivity index (χ2n) is 5.49. The molecule has 2 N–H and O–H groups in total. The number of aryl methyl sites for hydroxylation is 1. The van der Waals surface area contributed by atoms with Crippen LogP contribution in [0.25, 0.3) is 0 Å². The number of amides is 2. The third kappa shape index (κ3) is 3.48. The van der Waals surface area contributed by atoms with E-state index >= 15 is 0 Å². The first-order valence-electron chi connectivity index (χ1n) is 7.58. The fourth-order valence-electron chi connectivity index (χ4n) is 2.37.